The van der Waals surface area contributed by atoms with E-state index < -0.39 is 0 Å². The number of rotatable bonds is 0. The minimum atomic E-state index is -0.0855. The lowest BCUT2D eigenvalue weighted by molar-refractivity contribution is 0.431. The Kier molecular flexibility index (Phi) is 3.35. The Morgan fingerprint density at radius 3 is 2.00 bits per heavy atom. The van der Waals surface area contributed by atoms with E-state index in [0.717, 1.165) is 5.56 Å². The van der Waals surface area contributed by atoms with E-state index in [1.165, 1.54) is 6.07 Å². The van der Waals surface area contributed by atoms with Gasteiger partial charge in [0, 0.05) is 6.07 Å². The Bertz CT molecular complexity index is 285. The van der Waals surface area contributed by atoms with E-state index >= 15 is 0 Å². The van der Waals surface area contributed by atoms with E-state index in [-0.39, 0.29) is 24.3 Å². The first kappa shape index (κ1) is 11.8. The first-order chi connectivity index (χ1) is 5.41. The van der Waals surface area contributed by atoms with Gasteiger partial charge in [0.1, 0.15) is 11.5 Å². The molecule has 1 aromatic rings. The van der Waals surface area contributed by atoms with Gasteiger partial charge in [-0.3, -0.25) is 0 Å². The highest BCUT2D eigenvalue weighted by molar-refractivity contribution is 5.42. The summed E-state index contributed by atoms with van der Waals surface area (Å²) in [6.07, 6.45) is 0. The molecule has 2 heteroatoms. The second-order valence-corrected chi connectivity index (χ2v) is 3.95. The Labute approximate surface area is 79.9 Å². The number of hydrogen-bond donors (Lipinski definition) is 2. The van der Waals surface area contributed by atoms with E-state index in [4.69, 9.17) is 5.11 Å². The summed E-state index contributed by atoms with van der Waals surface area (Å²) in [5.74, 6) is 0.253. The van der Waals surface area contributed by atoms with Crippen LogP contribution < -0.4 is 0 Å². The monoisotopic (exact) mass is 182 g/mol. The van der Waals surface area contributed by atoms with Crippen LogP contribution in [0.5, 0.6) is 11.5 Å². The minimum absolute atomic E-state index is 0. The zero-order valence-electron chi connectivity index (χ0n) is 7.63. The third-order valence-corrected chi connectivity index (χ3v) is 1.79. The van der Waals surface area contributed by atoms with Crippen LogP contribution in [0.1, 0.15) is 33.8 Å². The molecule has 0 atom stereocenters. The van der Waals surface area contributed by atoms with Crippen molar-refractivity contribution in [3.8, 4) is 11.5 Å². The van der Waals surface area contributed by atoms with Gasteiger partial charge in [-0.15, -0.1) is 0 Å². The summed E-state index contributed by atoms with van der Waals surface area (Å²) in [6.45, 7) is 6.04. The van der Waals surface area contributed by atoms with E-state index in [1.54, 1.807) is 12.1 Å². The molecular weight excluding hydrogens is 164 g/mol. The summed E-state index contributed by atoms with van der Waals surface area (Å²) in [4.78, 5) is 0. The fourth-order valence-corrected chi connectivity index (χ4v) is 1.15. The van der Waals surface area contributed by atoms with Gasteiger partial charge in [0.15, 0.2) is 0 Å². The molecule has 0 spiro atoms. The van der Waals surface area contributed by atoms with Crippen LogP contribution in [0.3, 0.4) is 0 Å². The predicted molar refractivity (Wildman–Crippen MR) is 55.2 cm³/mol. The molecule has 0 fully saturated rings. The second kappa shape index (κ2) is 3.69. The molecule has 74 valence electrons. The quantitative estimate of drug-likeness (QED) is 0.647. The highest BCUT2D eigenvalue weighted by Gasteiger charge is 2.17. The maximum Gasteiger partial charge on any atom is 0.122 e. The van der Waals surface area contributed by atoms with Crippen molar-refractivity contribution in [1.82, 2.24) is 0 Å². The lowest BCUT2D eigenvalue weighted by Gasteiger charge is -2.20. The molecule has 2 nitrogen and oxygen atoms in total. The van der Waals surface area contributed by atoms with Crippen LogP contribution in [-0.4, -0.2) is 10.2 Å². The lowest BCUT2D eigenvalue weighted by atomic mass is 9.86. The van der Waals surface area contributed by atoms with Gasteiger partial charge in [-0.1, -0.05) is 34.3 Å². The van der Waals surface area contributed by atoms with Gasteiger partial charge in [-0.25, -0.2) is 0 Å². The van der Waals surface area contributed by atoms with Gasteiger partial charge in [0.05, 0.1) is 0 Å². The number of phenolic OH excluding ortho intramolecular Hbond substituents is 2. The average Bonchev–Trinajstić information content (AvgIpc) is 1.83. The van der Waals surface area contributed by atoms with Crippen molar-refractivity contribution in [2.24, 2.45) is 0 Å². The number of hydrogen-bond acceptors (Lipinski definition) is 2. The largest absolute Gasteiger partial charge is 0.508 e. The van der Waals surface area contributed by atoms with Crippen molar-refractivity contribution in [1.29, 1.82) is 0 Å². The van der Waals surface area contributed by atoms with Crippen molar-refractivity contribution >= 4 is 0 Å². The van der Waals surface area contributed by atoms with Crippen molar-refractivity contribution < 1.29 is 10.2 Å². The first-order valence-corrected chi connectivity index (χ1v) is 3.94. The maximum atomic E-state index is 9.47. The standard InChI is InChI=1S/C10H14O2.CH4/c1-10(2,3)8-5-4-7(11)6-9(8)12;/h4-6,11-12H,1-3H3;1H4. The molecule has 2 N–H and O–H groups in total. The molecule has 1 rings (SSSR count). The topological polar surface area (TPSA) is 40.5 Å². The molecule has 0 aliphatic rings. The normalized spacial score (nSPS) is 10.7. The average molecular weight is 182 g/mol. The SMILES string of the molecule is C.CC(C)(C)c1ccc(O)cc1O. The van der Waals surface area contributed by atoms with E-state index in [9.17, 15) is 5.11 Å². The first-order valence-electron chi connectivity index (χ1n) is 3.94. The summed E-state index contributed by atoms with van der Waals surface area (Å²) in [5, 5.41) is 18.5. The second-order valence-electron chi connectivity index (χ2n) is 3.95. The highest BCUT2D eigenvalue weighted by Crippen LogP contribution is 2.32. The Morgan fingerprint density at radius 1 is 1.08 bits per heavy atom. The van der Waals surface area contributed by atoms with Gasteiger partial charge in [-0.2, -0.15) is 0 Å². The van der Waals surface area contributed by atoms with Crippen LogP contribution >= 0.6 is 0 Å². The number of benzene rings is 1. The van der Waals surface area contributed by atoms with Gasteiger partial charge >= 0.3 is 0 Å². The molecular formula is C11H18O2. The molecule has 0 amide bonds. The van der Waals surface area contributed by atoms with E-state index in [2.05, 4.69) is 0 Å². The summed E-state index contributed by atoms with van der Waals surface area (Å²) in [5.41, 5.74) is 0.762. The summed E-state index contributed by atoms with van der Waals surface area (Å²) >= 11 is 0. The summed E-state index contributed by atoms with van der Waals surface area (Å²) < 4.78 is 0. The smallest absolute Gasteiger partial charge is 0.122 e. The van der Waals surface area contributed by atoms with Crippen LogP contribution in [0.4, 0.5) is 0 Å². The minimum Gasteiger partial charge on any atom is -0.508 e. The van der Waals surface area contributed by atoms with Crippen LogP contribution in [-0.2, 0) is 5.41 Å². The molecule has 0 radical (unpaired) electrons. The van der Waals surface area contributed by atoms with Gasteiger partial charge in [0.25, 0.3) is 0 Å². The Hall–Kier alpha value is -1.18. The maximum absolute atomic E-state index is 9.47. The van der Waals surface area contributed by atoms with E-state index in [0.29, 0.717) is 0 Å². The van der Waals surface area contributed by atoms with Gasteiger partial charge in [-0.05, 0) is 17.0 Å². The van der Waals surface area contributed by atoms with E-state index in [1.807, 2.05) is 20.8 Å². The number of phenols is 2. The Balaban J connectivity index is 0.00000144. The van der Waals surface area contributed by atoms with Crippen molar-refractivity contribution in [3.63, 3.8) is 0 Å². The van der Waals surface area contributed by atoms with Crippen molar-refractivity contribution in [2.45, 2.75) is 33.6 Å². The molecule has 0 bridgehead atoms. The van der Waals surface area contributed by atoms with Crippen molar-refractivity contribution in [2.75, 3.05) is 0 Å². The molecule has 0 aliphatic heterocycles. The molecule has 0 saturated heterocycles. The summed E-state index contributed by atoms with van der Waals surface area (Å²) in [7, 11) is 0. The molecule has 0 saturated carbocycles. The van der Waals surface area contributed by atoms with Gasteiger partial charge < -0.3 is 10.2 Å². The third-order valence-electron chi connectivity index (χ3n) is 1.79. The van der Waals surface area contributed by atoms with Crippen LogP contribution in [0.25, 0.3) is 0 Å². The summed E-state index contributed by atoms with van der Waals surface area (Å²) in [6, 6.07) is 4.69. The highest BCUT2D eigenvalue weighted by atomic mass is 16.3. The van der Waals surface area contributed by atoms with Gasteiger partial charge in [0.2, 0.25) is 0 Å². The van der Waals surface area contributed by atoms with Crippen LogP contribution in [0.2, 0.25) is 0 Å². The third kappa shape index (κ3) is 2.65. The molecule has 0 aliphatic carbocycles. The molecule has 0 unspecified atom stereocenters. The zero-order valence-corrected chi connectivity index (χ0v) is 7.63. The molecule has 1 aromatic carbocycles. The fourth-order valence-electron chi connectivity index (χ4n) is 1.15. The predicted octanol–water partition coefficient (Wildman–Crippen LogP) is 3.03. The fraction of sp³-hybridized carbons (Fsp3) is 0.455. The van der Waals surface area contributed by atoms with Crippen LogP contribution in [0.15, 0.2) is 18.2 Å². The van der Waals surface area contributed by atoms with Crippen molar-refractivity contribution in [3.05, 3.63) is 23.8 Å². The number of aromatic hydroxyl groups is 2. The molecule has 0 aromatic heterocycles. The molecule has 0 heterocycles. The van der Waals surface area contributed by atoms with Crippen LogP contribution in [0, 0.1) is 0 Å². The Morgan fingerprint density at radius 2 is 1.62 bits per heavy atom. The molecule has 13 heavy (non-hydrogen) atoms. The lowest BCUT2D eigenvalue weighted by Crippen LogP contribution is -2.10. The zero-order chi connectivity index (χ0) is 9.35.